The van der Waals surface area contributed by atoms with Crippen LogP contribution in [0.5, 0.6) is 0 Å². The zero-order valence-corrected chi connectivity index (χ0v) is 6.31. The number of aromatic nitrogens is 1. The molecule has 0 spiro atoms. The molecule has 0 unspecified atom stereocenters. The summed E-state index contributed by atoms with van der Waals surface area (Å²) < 4.78 is 0. The van der Waals surface area contributed by atoms with E-state index in [1.54, 1.807) is 18.3 Å². The van der Waals surface area contributed by atoms with Gasteiger partial charge in [0.1, 0.15) is 5.03 Å². The van der Waals surface area contributed by atoms with Gasteiger partial charge in [-0.3, -0.25) is 4.79 Å². The number of pyridine rings is 1. The zero-order valence-electron chi connectivity index (χ0n) is 5.50. The van der Waals surface area contributed by atoms with Crippen LogP contribution in [-0.4, -0.2) is 17.5 Å². The molecule has 0 N–H and O–H groups in total. The van der Waals surface area contributed by atoms with Crippen molar-refractivity contribution in [2.24, 2.45) is 0 Å². The molecule has 3 heteroatoms. The van der Waals surface area contributed by atoms with E-state index < -0.39 is 0 Å². The van der Waals surface area contributed by atoms with Gasteiger partial charge in [0.25, 0.3) is 0 Å². The van der Waals surface area contributed by atoms with Crippen molar-refractivity contribution in [1.82, 2.24) is 4.98 Å². The fourth-order valence-corrected chi connectivity index (χ4v) is 1.13. The van der Waals surface area contributed by atoms with Crippen molar-refractivity contribution in [1.29, 1.82) is 0 Å². The molecule has 0 saturated carbocycles. The molecule has 0 aliphatic heterocycles. The van der Waals surface area contributed by atoms with Crippen LogP contribution in [0, 0.1) is 0 Å². The van der Waals surface area contributed by atoms with E-state index in [-0.39, 0.29) is 0 Å². The summed E-state index contributed by atoms with van der Waals surface area (Å²) in [6.45, 7) is 0. The Morgan fingerprint density at radius 1 is 1.70 bits per heavy atom. The van der Waals surface area contributed by atoms with E-state index in [2.05, 4.69) is 4.98 Å². The van der Waals surface area contributed by atoms with Crippen molar-refractivity contribution < 1.29 is 4.79 Å². The SMILES string of the molecule is CSc1ncccc1[C]=O. The maximum Gasteiger partial charge on any atom is 0.236 e. The van der Waals surface area contributed by atoms with Gasteiger partial charge in [-0.1, -0.05) is 0 Å². The predicted molar refractivity (Wildman–Crippen MR) is 40.8 cm³/mol. The van der Waals surface area contributed by atoms with Gasteiger partial charge >= 0.3 is 0 Å². The molecule has 1 heterocycles. The third kappa shape index (κ3) is 1.36. The van der Waals surface area contributed by atoms with Crippen LogP contribution in [-0.2, 0) is 4.79 Å². The van der Waals surface area contributed by atoms with Crippen molar-refractivity contribution in [3.05, 3.63) is 23.9 Å². The zero-order chi connectivity index (χ0) is 7.40. The summed E-state index contributed by atoms with van der Waals surface area (Å²) in [5, 5.41) is 0.734. The lowest BCUT2D eigenvalue weighted by molar-refractivity contribution is 0.561. The standard InChI is InChI=1S/C7H6NOS/c1-10-7-6(5-9)3-2-4-8-7/h2-4H,1H3. The van der Waals surface area contributed by atoms with E-state index in [0.29, 0.717) is 5.56 Å². The lowest BCUT2D eigenvalue weighted by Crippen LogP contribution is -1.86. The number of thioether (sulfide) groups is 1. The van der Waals surface area contributed by atoms with Crippen LogP contribution in [0.25, 0.3) is 0 Å². The molecule has 0 amide bonds. The second-order valence-electron chi connectivity index (χ2n) is 1.66. The van der Waals surface area contributed by atoms with Crippen molar-refractivity contribution in [2.75, 3.05) is 6.26 Å². The van der Waals surface area contributed by atoms with E-state index in [1.165, 1.54) is 11.8 Å². The van der Waals surface area contributed by atoms with Crippen LogP contribution in [0.2, 0.25) is 0 Å². The topological polar surface area (TPSA) is 30.0 Å². The molecule has 0 aromatic carbocycles. The van der Waals surface area contributed by atoms with Crippen LogP contribution in [0.1, 0.15) is 5.56 Å². The largest absolute Gasteiger partial charge is 0.285 e. The lowest BCUT2D eigenvalue weighted by Gasteiger charge is -1.94. The highest BCUT2D eigenvalue weighted by molar-refractivity contribution is 7.98. The van der Waals surface area contributed by atoms with Gasteiger partial charge in [-0.25, -0.2) is 4.98 Å². The minimum atomic E-state index is 0.537. The molecule has 1 rings (SSSR count). The normalized spacial score (nSPS) is 9.30. The Hall–Kier alpha value is -0.830. The number of carbonyl (C=O) groups excluding carboxylic acids is 1. The van der Waals surface area contributed by atoms with Gasteiger partial charge in [0, 0.05) is 6.20 Å². The maximum atomic E-state index is 10.2. The van der Waals surface area contributed by atoms with Crippen LogP contribution in [0.15, 0.2) is 23.4 Å². The minimum Gasteiger partial charge on any atom is -0.285 e. The average Bonchev–Trinajstić information content (AvgIpc) is 2.04. The van der Waals surface area contributed by atoms with Crippen molar-refractivity contribution in [3.63, 3.8) is 0 Å². The molecular weight excluding hydrogens is 146 g/mol. The Labute approximate surface area is 63.7 Å². The van der Waals surface area contributed by atoms with Gasteiger partial charge < -0.3 is 0 Å². The van der Waals surface area contributed by atoms with E-state index in [1.807, 2.05) is 12.5 Å². The summed E-state index contributed by atoms with van der Waals surface area (Å²) in [7, 11) is 0. The molecule has 0 aliphatic carbocycles. The summed E-state index contributed by atoms with van der Waals surface area (Å²) in [4.78, 5) is 14.2. The molecule has 0 aliphatic rings. The van der Waals surface area contributed by atoms with Gasteiger partial charge in [0.2, 0.25) is 6.29 Å². The highest BCUT2D eigenvalue weighted by Crippen LogP contribution is 2.13. The van der Waals surface area contributed by atoms with Gasteiger partial charge in [0.15, 0.2) is 0 Å². The van der Waals surface area contributed by atoms with Crippen molar-refractivity contribution in [2.45, 2.75) is 5.03 Å². The summed E-state index contributed by atoms with van der Waals surface area (Å²) in [6.07, 6.45) is 5.35. The van der Waals surface area contributed by atoms with Gasteiger partial charge in [0.05, 0.1) is 5.56 Å². The Morgan fingerprint density at radius 2 is 2.50 bits per heavy atom. The maximum absolute atomic E-state index is 10.2. The molecule has 2 nitrogen and oxygen atoms in total. The molecular formula is C7H6NOS. The number of hydrogen-bond donors (Lipinski definition) is 0. The summed E-state index contributed by atoms with van der Waals surface area (Å²) >= 11 is 1.45. The highest BCUT2D eigenvalue weighted by atomic mass is 32.2. The third-order valence-corrected chi connectivity index (χ3v) is 1.79. The second-order valence-corrected chi connectivity index (χ2v) is 2.46. The summed E-state index contributed by atoms with van der Waals surface area (Å²) in [6, 6.07) is 3.42. The van der Waals surface area contributed by atoms with Crippen molar-refractivity contribution in [3.8, 4) is 0 Å². The second kappa shape index (κ2) is 3.37. The van der Waals surface area contributed by atoms with Crippen molar-refractivity contribution >= 4 is 18.0 Å². The smallest absolute Gasteiger partial charge is 0.236 e. The number of rotatable bonds is 2. The van der Waals surface area contributed by atoms with Gasteiger partial charge in [-0.05, 0) is 18.4 Å². The Kier molecular flexibility index (Phi) is 2.45. The van der Waals surface area contributed by atoms with Gasteiger partial charge in [-0.2, -0.15) is 0 Å². The molecule has 1 radical (unpaired) electrons. The summed E-state index contributed by atoms with van der Waals surface area (Å²) in [5.74, 6) is 0. The van der Waals surface area contributed by atoms with E-state index in [0.717, 1.165) is 5.03 Å². The van der Waals surface area contributed by atoms with Crippen LogP contribution in [0.4, 0.5) is 0 Å². The Morgan fingerprint density at radius 3 is 3.00 bits per heavy atom. The third-order valence-electron chi connectivity index (χ3n) is 1.07. The highest BCUT2D eigenvalue weighted by Gasteiger charge is 1.98. The quantitative estimate of drug-likeness (QED) is 0.597. The Bertz CT molecular complexity index is 237. The van der Waals surface area contributed by atoms with E-state index >= 15 is 0 Å². The van der Waals surface area contributed by atoms with Crippen LogP contribution in [0.3, 0.4) is 0 Å². The first-order valence-electron chi connectivity index (χ1n) is 2.75. The minimum absolute atomic E-state index is 0.537. The monoisotopic (exact) mass is 152 g/mol. The fraction of sp³-hybridized carbons (Fsp3) is 0.143. The fourth-order valence-electron chi connectivity index (χ4n) is 0.631. The van der Waals surface area contributed by atoms with Gasteiger partial charge in [-0.15, -0.1) is 11.8 Å². The molecule has 0 saturated heterocycles. The predicted octanol–water partition coefficient (Wildman–Crippen LogP) is 1.26. The first kappa shape index (κ1) is 7.28. The van der Waals surface area contributed by atoms with Crippen LogP contribution < -0.4 is 0 Å². The van der Waals surface area contributed by atoms with E-state index in [4.69, 9.17) is 0 Å². The lowest BCUT2D eigenvalue weighted by atomic mass is 10.3. The number of nitrogens with zero attached hydrogens (tertiary/aromatic N) is 1. The molecule has 0 fully saturated rings. The molecule has 1 aromatic heterocycles. The van der Waals surface area contributed by atoms with Crippen LogP contribution >= 0.6 is 11.8 Å². The molecule has 10 heavy (non-hydrogen) atoms. The molecule has 0 atom stereocenters. The van der Waals surface area contributed by atoms with E-state index in [9.17, 15) is 4.79 Å². The molecule has 1 aromatic rings. The summed E-state index contributed by atoms with van der Waals surface area (Å²) in [5.41, 5.74) is 0.537. The Balaban J connectivity index is 3.08. The first-order valence-corrected chi connectivity index (χ1v) is 3.98. The average molecular weight is 152 g/mol. The first-order chi connectivity index (χ1) is 4.88. The number of hydrogen-bond acceptors (Lipinski definition) is 3. The molecule has 0 bridgehead atoms. The molecule has 51 valence electrons.